The first kappa shape index (κ1) is 34.8. The monoisotopic (exact) mass is 701 g/mol. The Morgan fingerprint density at radius 1 is 1.00 bits per heavy atom. The number of aromatic nitrogens is 3. The van der Waals surface area contributed by atoms with E-state index in [0.29, 0.717) is 59.3 Å². The van der Waals surface area contributed by atoms with E-state index >= 15 is 0 Å². The lowest BCUT2D eigenvalue weighted by Gasteiger charge is -2.31. The lowest BCUT2D eigenvalue weighted by atomic mass is 10.00. The van der Waals surface area contributed by atoms with Crippen LogP contribution >= 0.6 is 10.0 Å². The molecule has 1 aliphatic rings. The molecule has 50 heavy (non-hydrogen) atoms. The van der Waals surface area contributed by atoms with E-state index in [2.05, 4.69) is 34.2 Å². The molecule has 0 saturated carbocycles. The average Bonchev–Trinajstić information content (AvgIpc) is 3.67. The van der Waals surface area contributed by atoms with Crippen molar-refractivity contribution < 1.29 is 33.1 Å². The molecule has 0 fully saturated rings. The van der Waals surface area contributed by atoms with Gasteiger partial charge in [-0.3, -0.25) is 5.32 Å². The van der Waals surface area contributed by atoms with Gasteiger partial charge in [0, 0.05) is 37.3 Å². The summed E-state index contributed by atoms with van der Waals surface area (Å²) < 4.78 is 31.2. The minimum atomic E-state index is -0.717. The lowest BCUT2D eigenvalue weighted by Crippen LogP contribution is -2.39. The molecule has 0 unspecified atom stereocenters. The summed E-state index contributed by atoms with van der Waals surface area (Å²) in [4.78, 5) is 31.8. The summed E-state index contributed by atoms with van der Waals surface area (Å²) >= 11 is 0. The third-order valence-corrected chi connectivity index (χ3v) is 9.21. The molecule has 0 aliphatic carbocycles. The molecule has 1 N–H and O–H groups in total. The number of hydrogen-bond donors (Lipinski definition) is 1. The van der Waals surface area contributed by atoms with Crippen molar-refractivity contribution in [2.24, 2.45) is 0 Å². The van der Waals surface area contributed by atoms with Crippen molar-refractivity contribution >= 4 is 39.1 Å². The predicted molar refractivity (Wildman–Crippen MR) is 194 cm³/mol. The first-order valence-corrected chi connectivity index (χ1v) is 19.3. The largest absolute Gasteiger partial charge is 0.457 e. The highest BCUT2D eigenvalue weighted by Crippen LogP contribution is 2.40. The van der Waals surface area contributed by atoms with Crippen LogP contribution in [0.4, 0.5) is 15.4 Å². The molecule has 3 aromatic heterocycles. The quantitative estimate of drug-likeness (QED) is 0.144. The summed E-state index contributed by atoms with van der Waals surface area (Å²) in [6, 6.07) is 18.1. The molecule has 5 aromatic rings. The molecule has 0 bridgehead atoms. The summed E-state index contributed by atoms with van der Waals surface area (Å²) in [5, 5.41) is 7.37. The Labute approximate surface area is 293 Å². The summed E-state index contributed by atoms with van der Waals surface area (Å²) in [6.45, 7) is 7.47. The van der Waals surface area contributed by atoms with Crippen LogP contribution in [0.2, 0.25) is 0 Å². The summed E-state index contributed by atoms with van der Waals surface area (Å²) in [5.41, 5.74) is 2.85. The second-order valence-corrected chi connectivity index (χ2v) is 18.5. The number of fused-ring (bicyclic) bond motifs is 2. The van der Waals surface area contributed by atoms with Crippen LogP contribution in [0.25, 0.3) is 22.4 Å². The Kier molecular flexibility index (Phi) is 10.1. The number of anilines is 1. The lowest BCUT2D eigenvalue weighted by molar-refractivity contribution is 0.0223. The number of para-hydroxylation sites is 1. The second kappa shape index (κ2) is 14.5. The third kappa shape index (κ3) is 8.77. The van der Waals surface area contributed by atoms with Crippen LogP contribution in [0.1, 0.15) is 31.9 Å². The molecular weight excluding hydrogens is 659 g/mol. The van der Waals surface area contributed by atoms with E-state index in [0.717, 1.165) is 23.3 Å². The van der Waals surface area contributed by atoms with Crippen LogP contribution in [0.3, 0.4) is 0 Å². The molecule has 2 aromatic carbocycles. The van der Waals surface area contributed by atoms with Gasteiger partial charge in [0.25, 0.3) is 0 Å². The molecule has 1 aliphatic heterocycles. The van der Waals surface area contributed by atoms with Gasteiger partial charge in [-0.1, -0.05) is 29.4 Å². The normalized spacial score (nSPS) is 13.5. The van der Waals surface area contributed by atoms with Gasteiger partial charge in [0.15, 0.2) is 11.6 Å². The standard InChI is InChI=1S/C37H43N5O7S/c1-37(2,3)48-36(44)41-17-15-25-12-13-28(20-26(25)22-41)46-30-14-16-38-34-33(30)29(23-42(34)24-45-18-19-50(4,5)6)31-21-32(40-49-31)39-35(43)47-27-10-8-7-9-11-27/h7-14,16,20-21,23H,15,17-19,22,24H2,1-6H3,(H,39,40,43). The molecule has 13 heteroatoms. The van der Waals surface area contributed by atoms with Crippen LogP contribution in [-0.2, 0) is 29.2 Å². The molecule has 264 valence electrons. The van der Waals surface area contributed by atoms with Crippen molar-refractivity contribution in [3.8, 4) is 28.6 Å². The van der Waals surface area contributed by atoms with Crippen LogP contribution in [0.5, 0.6) is 17.2 Å². The number of rotatable bonds is 10. The van der Waals surface area contributed by atoms with Crippen molar-refractivity contribution in [3.05, 3.63) is 84.2 Å². The highest BCUT2D eigenvalue weighted by Gasteiger charge is 2.27. The number of hydrogen-bond acceptors (Lipinski definition) is 9. The van der Waals surface area contributed by atoms with Gasteiger partial charge < -0.3 is 32.9 Å². The van der Waals surface area contributed by atoms with Gasteiger partial charge in [0.05, 0.1) is 17.6 Å². The fourth-order valence-electron chi connectivity index (χ4n) is 5.42. The van der Waals surface area contributed by atoms with E-state index in [1.54, 1.807) is 47.5 Å². The Morgan fingerprint density at radius 2 is 1.80 bits per heavy atom. The number of nitrogens with zero attached hydrogens (tertiary/aromatic N) is 4. The fourth-order valence-corrected chi connectivity index (χ4v) is 6.04. The third-order valence-electron chi connectivity index (χ3n) is 7.82. The van der Waals surface area contributed by atoms with E-state index in [1.807, 2.05) is 55.8 Å². The zero-order chi connectivity index (χ0) is 35.5. The molecule has 6 rings (SSSR count). The van der Waals surface area contributed by atoms with E-state index < -0.39 is 21.7 Å². The average molecular weight is 702 g/mol. The topological polar surface area (TPSA) is 130 Å². The Hall–Kier alpha value is -5.01. The van der Waals surface area contributed by atoms with Gasteiger partial charge in [-0.25, -0.2) is 24.6 Å². The van der Waals surface area contributed by atoms with Gasteiger partial charge in [-0.05, 0) is 87.4 Å². The number of nitrogens with one attached hydrogen (secondary N) is 1. The number of amides is 2. The van der Waals surface area contributed by atoms with E-state index in [-0.39, 0.29) is 18.6 Å². The number of ether oxygens (including phenoxy) is 4. The molecule has 0 radical (unpaired) electrons. The zero-order valence-electron chi connectivity index (χ0n) is 29.2. The molecule has 0 spiro atoms. The van der Waals surface area contributed by atoms with E-state index in [9.17, 15) is 9.59 Å². The van der Waals surface area contributed by atoms with E-state index in [1.165, 1.54) is 0 Å². The van der Waals surface area contributed by atoms with Gasteiger partial charge >= 0.3 is 12.2 Å². The summed E-state index contributed by atoms with van der Waals surface area (Å²) in [7, 11) is -0.717. The second-order valence-electron chi connectivity index (χ2n) is 13.9. The maximum absolute atomic E-state index is 12.8. The van der Waals surface area contributed by atoms with Crippen molar-refractivity contribution in [2.75, 3.05) is 43.0 Å². The van der Waals surface area contributed by atoms with Crippen molar-refractivity contribution in [3.63, 3.8) is 0 Å². The number of benzene rings is 2. The van der Waals surface area contributed by atoms with Crippen LogP contribution in [-0.4, -0.2) is 75.1 Å². The number of carbonyl (C=O) groups excluding carboxylic acids is 2. The van der Waals surface area contributed by atoms with Crippen LogP contribution in [0, 0.1) is 0 Å². The molecule has 0 atom stereocenters. The van der Waals surface area contributed by atoms with Crippen LogP contribution in [0.15, 0.2) is 77.6 Å². The molecule has 12 nitrogen and oxygen atoms in total. The maximum atomic E-state index is 12.8. The number of carbonyl (C=O) groups is 2. The highest BCUT2D eigenvalue weighted by atomic mass is 32.3. The first-order valence-electron chi connectivity index (χ1n) is 16.3. The first-order chi connectivity index (χ1) is 23.8. The maximum Gasteiger partial charge on any atom is 0.418 e. The van der Waals surface area contributed by atoms with Gasteiger partial charge in [0.1, 0.15) is 35.2 Å². The Bertz CT molecular complexity index is 1980. The smallest absolute Gasteiger partial charge is 0.418 e. The molecule has 4 heterocycles. The molecule has 0 saturated heterocycles. The summed E-state index contributed by atoms with van der Waals surface area (Å²) in [6.07, 6.45) is 10.0. The van der Waals surface area contributed by atoms with Crippen molar-refractivity contribution in [1.29, 1.82) is 0 Å². The number of pyridine rings is 1. The summed E-state index contributed by atoms with van der Waals surface area (Å²) in [5.74, 6) is 3.09. The fraction of sp³-hybridized carbons (Fsp3) is 0.351. The zero-order valence-corrected chi connectivity index (χ0v) is 30.0. The Morgan fingerprint density at radius 3 is 2.56 bits per heavy atom. The predicted octanol–water partition coefficient (Wildman–Crippen LogP) is 8.06. The van der Waals surface area contributed by atoms with Crippen molar-refractivity contribution in [1.82, 2.24) is 19.6 Å². The SMILES string of the molecule is CC(C)(C)OC(=O)N1CCc2ccc(Oc3ccnc4c3c(-c3cc(NC(=O)Oc5ccccc5)no3)cn4COCCS(C)(C)C)cc2C1. The highest BCUT2D eigenvalue weighted by molar-refractivity contribution is 8.32. The minimum Gasteiger partial charge on any atom is -0.457 e. The minimum absolute atomic E-state index is 0.182. The van der Waals surface area contributed by atoms with Gasteiger partial charge in [0.2, 0.25) is 0 Å². The molecule has 2 amide bonds. The van der Waals surface area contributed by atoms with Gasteiger partial charge in [-0.15, -0.1) is 0 Å². The Balaban J connectivity index is 1.28. The van der Waals surface area contributed by atoms with Crippen molar-refractivity contribution in [2.45, 2.75) is 46.1 Å². The van der Waals surface area contributed by atoms with Gasteiger partial charge in [-0.2, -0.15) is 0 Å². The molecular formula is C37H43N5O7S. The van der Waals surface area contributed by atoms with E-state index in [4.69, 9.17) is 23.5 Å². The van der Waals surface area contributed by atoms with Crippen LogP contribution < -0.4 is 14.8 Å².